The van der Waals surface area contributed by atoms with E-state index in [1.165, 1.54) is 17.7 Å². The Labute approximate surface area is 122 Å². The van der Waals surface area contributed by atoms with Gasteiger partial charge in [0.25, 0.3) is 0 Å². The molecule has 0 atom stereocenters. The Morgan fingerprint density at radius 2 is 2.15 bits per heavy atom. The molecule has 0 spiro atoms. The molecule has 2 aromatic heterocycles. The van der Waals surface area contributed by atoms with Gasteiger partial charge in [0, 0.05) is 10.7 Å². The molecule has 2 heterocycles. The molecule has 7 nitrogen and oxygen atoms in total. The molecular formula is C11H9ClN6OS. The second-order valence-electron chi connectivity index (χ2n) is 3.87. The first kappa shape index (κ1) is 12.8. The topological polar surface area (TPSA) is 84.2 Å². The molecule has 2 N–H and O–H groups in total. The number of amides is 2. The van der Waals surface area contributed by atoms with Crippen molar-refractivity contribution in [3.8, 4) is 0 Å². The van der Waals surface area contributed by atoms with Gasteiger partial charge in [-0.2, -0.15) is 9.61 Å². The largest absolute Gasteiger partial charge is 0.331 e. The molecule has 1 aromatic carbocycles. The summed E-state index contributed by atoms with van der Waals surface area (Å²) in [6.07, 6.45) is 1.52. The fourth-order valence-corrected chi connectivity index (χ4v) is 2.42. The monoisotopic (exact) mass is 308 g/mol. The lowest BCUT2D eigenvalue weighted by Gasteiger charge is -2.05. The molecule has 0 fully saturated rings. The molecule has 0 saturated carbocycles. The molecule has 20 heavy (non-hydrogen) atoms. The van der Waals surface area contributed by atoms with Crippen LogP contribution >= 0.6 is 22.9 Å². The third kappa shape index (κ3) is 2.86. The summed E-state index contributed by atoms with van der Waals surface area (Å²) in [5.74, 6) is 0. The second kappa shape index (κ2) is 5.43. The van der Waals surface area contributed by atoms with Gasteiger partial charge in [-0.25, -0.2) is 4.79 Å². The molecule has 0 aliphatic carbocycles. The Morgan fingerprint density at radius 3 is 2.90 bits per heavy atom. The summed E-state index contributed by atoms with van der Waals surface area (Å²) in [7, 11) is 0. The minimum absolute atomic E-state index is 0.307. The maximum absolute atomic E-state index is 11.7. The number of carbonyl (C=O) groups excluding carboxylic acids is 1. The number of aromatic nitrogens is 4. The summed E-state index contributed by atoms with van der Waals surface area (Å²) in [5.41, 5.74) is 0.671. The van der Waals surface area contributed by atoms with E-state index in [1.807, 2.05) is 0 Å². The van der Waals surface area contributed by atoms with E-state index in [0.717, 1.165) is 5.01 Å². The highest BCUT2D eigenvalue weighted by Crippen LogP contribution is 2.13. The van der Waals surface area contributed by atoms with Crippen molar-refractivity contribution in [2.24, 2.45) is 0 Å². The van der Waals surface area contributed by atoms with Crippen molar-refractivity contribution >= 4 is 39.6 Å². The Bertz CT molecular complexity index is 708. The lowest BCUT2D eigenvalue weighted by atomic mass is 10.3. The summed E-state index contributed by atoms with van der Waals surface area (Å²) < 4.78 is 1.57. The van der Waals surface area contributed by atoms with Crippen LogP contribution < -0.4 is 10.6 Å². The quantitative estimate of drug-likeness (QED) is 0.776. The normalized spacial score (nSPS) is 10.7. The number of urea groups is 1. The Hall–Kier alpha value is -2.19. The van der Waals surface area contributed by atoms with E-state index in [2.05, 4.69) is 25.9 Å². The molecule has 2 amide bonds. The maximum atomic E-state index is 11.7. The summed E-state index contributed by atoms with van der Waals surface area (Å²) in [6.45, 7) is 0.327. The van der Waals surface area contributed by atoms with E-state index in [4.69, 9.17) is 11.6 Å². The van der Waals surface area contributed by atoms with Gasteiger partial charge in [0.2, 0.25) is 4.96 Å². The number of halogens is 1. The molecule has 0 radical (unpaired) electrons. The molecule has 3 aromatic rings. The smallest absolute Gasteiger partial charge is 0.319 e. The third-order valence-electron chi connectivity index (χ3n) is 2.43. The van der Waals surface area contributed by atoms with Crippen molar-refractivity contribution in [1.29, 1.82) is 0 Å². The summed E-state index contributed by atoms with van der Waals surface area (Å²) in [6, 6.07) is 6.56. The third-order valence-corrected chi connectivity index (χ3v) is 3.60. The lowest BCUT2D eigenvalue weighted by molar-refractivity contribution is 0.251. The Morgan fingerprint density at radius 1 is 1.35 bits per heavy atom. The lowest BCUT2D eigenvalue weighted by Crippen LogP contribution is -2.28. The first-order valence-corrected chi connectivity index (χ1v) is 6.86. The van der Waals surface area contributed by atoms with Gasteiger partial charge in [-0.1, -0.05) is 22.9 Å². The molecule has 0 saturated heterocycles. The zero-order valence-corrected chi connectivity index (χ0v) is 11.6. The molecule has 3 rings (SSSR count). The molecule has 0 bridgehead atoms. The molecule has 0 aliphatic heterocycles. The highest BCUT2D eigenvalue weighted by atomic mass is 35.5. The van der Waals surface area contributed by atoms with Crippen LogP contribution in [0.5, 0.6) is 0 Å². The number of anilines is 1. The standard InChI is InChI=1S/C11H9ClN6OS/c12-7-1-3-8(4-2-7)15-10(19)13-5-9-17-18-6-14-16-11(18)20-9/h1-4,6H,5H2,(H2,13,15,19). The average Bonchev–Trinajstić information content (AvgIpc) is 3.00. The van der Waals surface area contributed by atoms with Crippen molar-refractivity contribution in [2.45, 2.75) is 6.54 Å². The van der Waals surface area contributed by atoms with Gasteiger partial charge in [0.05, 0.1) is 6.54 Å². The van der Waals surface area contributed by atoms with Gasteiger partial charge in [0.1, 0.15) is 11.3 Å². The summed E-state index contributed by atoms with van der Waals surface area (Å²) >= 11 is 7.14. The molecule has 0 aliphatic rings. The van der Waals surface area contributed by atoms with E-state index in [9.17, 15) is 4.79 Å². The molecule has 0 unspecified atom stereocenters. The van der Waals surface area contributed by atoms with E-state index < -0.39 is 0 Å². The fraction of sp³-hybridized carbons (Fsp3) is 0.0909. The van der Waals surface area contributed by atoms with Crippen LogP contribution in [0.2, 0.25) is 5.02 Å². The predicted molar refractivity (Wildman–Crippen MR) is 76.0 cm³/mol. The van der Waals surface area contributed by atoms with Gasteiger partial charge in [-0.3, -0.25) is 0 Å². The minimum atomic E-state index is -0.307. The zero-order valence-electron chi connectivity index (χ0n) is 10.1. The number of hydrogen-bond acceptors (Lipinski definition) is 5. The second-order valence-corrected chi connectivity index (χ2v) is 5.35. The van der Waals surface area contributed by atoms with E-state index >= 15 is 0 Å². The maximum Gasteiger partial charge on any atom is 0.319 e. The van der Waals surface area contributed by atoms with Crippen LogP contribution in [-0.4, -0.2) is 25.8 Å². The van der Waals surface area contributed by atoms with Crippen LogP contribution in [0.4, 0.5) is 10.5 Å². The zero-order chi connectivity index (χ0) is 13.9. The number of fused-ring (bicyclic) bond motifs is 1. The number of nitrogens with one attached hydrogen (secondary N) is 2. The highest BCUT2D eigenvalue weighted by Gasteiger charge is 2.07. The molecule has 9 heteroatoms. The van der Waals surface area contributed by atoms with Gasteiger partial charge in [0.15, 0.2) is 0 Å². The minimum Gasteiger partial charge on any atom is -0.331 e. The Kier molecular flexibility index (Phi) is 3.48. The van der Waals surface area contributed by atoms with Crippen molar-refractivity contribution in [3.63, 3.8) is 0 Å². The molecular weight excluding hydrogens is 300 g/mol. The van der Waals surface area contributed by atoms with Crippen molar-refractivity contribution < 1.29 is 4.79 Å². The van der Waals surface area contributed by atoms with E-state index in [0.29, 0.717) is 22.2 Å². The first-order chi connectivity index (χ1) is 9.70. The highest BCUT2D eigenvalue weighted by molar-refractivity contribution is 7.16. The van der Waals surface area contributed by atoms with Crippen LogP contribution in [0.25, 0.3) is 4.96 Å². The summed E-state index contributed by atoms with van der Waals surface area (Å²) in [5, 5.41) is 18.6. The SMILES string of the molecule is O=C(NCc1nn2cnnc2s1)Nc1ccc(Cl)cc1. The number of carbonyl (C=O) groups is 1. The van der Waals surface area contributed by atoms with Crippen LogP contribution in [0.3, 0.4) is 0 Å². The predicted octanol–water partition coefficient (Wildman–Crippen LogP) is 2.16. The summed E-state index contributed by atoms with van der Waals surface area (Å²) in [4.78, 5) is 12.4. The van der Waals surface area contributed by atoms with Gasteiger partial charge in [-0.15, -0.1) is 10.2 Å². The van der Waals surface area contributed by atoms with E-state index in [-0.39, 0.29) is 6.03 Å². The number of hydrogen-bond donors (Lipinski definition) is 2. The van der Waals surface area contributed by atoms with Crippen molar-refractivity contribution in [2.75, 3.05) is 5.32 Å². The van der Waals surface area contributed by atoms with Crippen LogP contribution in [-0.2, 0) is 6.54 Å². The average molecular weight is 309 g/mol. The van der Waals surface area contributed by atoms with Crippen molar-refractivity contribution in [1.82, 2.24) is 25.1 Å². The van der Waals surface area contributed by atoms with Gasteiger partial charge < -0.3 is 10.6 Å². The van der Waals surface area contributed by atoms with Crippen LogP contribution in [0, 0.1) is 0 Å². The fourth-order valence-electron chi connectivity index (χ4n) is 1.54. The van der Waals surface area contributed by atoms with E-state index in [1.54, 1.807) is 28.8 Å². The Balaban J connectivity index is 1.56. The first-order valence-electron chi connectivity index (χ1n) is 5.67. The number of benzene rings is 1. The van der Waals surface area contributed by atoms with Crippen LogP contribution in [0.15, 0.2) is 30.6 Å². The van der Waals surface area contributed by atoms with Crippen LogP contribution in [0.1, 0.15) is 5.01 Å². The van der Waals surface area contributed by atoms with Gasteiger partial charge in [-0.05, 0) is 24.3 Å². The van der Waals surface area contributed by atoms with Gasteiger partial charge >= 0.3 is 6.03 Å². The van der Waals surface area contributed by atoms with Crippen molar-refractivity contribution in [3.05, 3.63) is 40.6 Å². The number of rotatable bonds is 3. The molecule has 102 valence electrons. The number of nitrogens with zero attached hydrogens (tertiary/aromatic N) is 4.